The van der Waals surface area contributed by atoms with Crippen molar-refractivity contribution in [3.05, 3.63) is 82.6 Å². The Hall–Kier alpha value is -3.32. The normalized spacial score (nSPS) is 17.6. The number of aryl methyl sites for hydroxylation is 2. The number of hydrogen-bond acceptors (Lipinski definition) is 4. The second kappa shape index (κ2) is 11.2. The number of piperidine rings is 1. The zero-order valence-electron chi connectivity index (χ0n) is 21.1. The Balaban J connectivity index is 1.54. The molecule has 1 aliphatic rings. The van der Waals surface area contributed by atoms with Gasteiger partial charge in [-0.15, -0.1) is 0 Å². The molecule has 0 bridgehead atoms. The first kappa shape index (κ1) is 25.8. The van der Waals surface area contributed by atoms with E-state index < -0.39 is 5.41 Å². The fourth-order valence-electron chi connectivity index (χ4n) is 4.87. The lowest BCUT2D eigenvalue weighted by atomic mass is 9.77. The average Bonchev–Trinajstić information content (AvgIpc) is 3.20. The molecule has 0 radical (unpaired) electrons. The summed E-state index contributed by atoms with van der Waals surface area (Å²) in [5, 5.41) is 4.92. The first-order valence-electron chi connectivity index (χ1n) is 12.2. The van der Waals surface area contributed by atoms with Crippen LogP contribution in [0.15, 0.2) is 60.8 Å². The Kier molecular flexibility index (Phi) is 7.99. The van der Waals surface area contributed by atoms with Crippen molar-refractivity contribution in [2.24, 2.45) is 12.5 Å². The third kappa shape index (κ3) is 6.26. The van der Waals surface area contributed by atoms with E-state index >= 15 is 0 Å². The molecule has 8 heteroatoms. The molecule has 1 atom stereocenters. The molecule has 2 aromatic carbocycles. The van der Waals surface area contributed by atoms with Crippen molar-refractivity contribution in [2.45, 2.75) is 32.7 Å². The highest BCUT2D eigenvalue weighted by Gasteiger charge is 2.41. The summed E-state index contributed by atoms with van der Waals surface area (Å²) in [6.07, 6.45) is 3.62. The number of likely N-dealkylation sites (tertiary alicyclic amines) is 1. The van der Waals surface area contributed by atoms with Gasteiger partial charge in [-0.1, -0.05) is 48.0 Å². The van der Waals surface area contributed by atoms with Crippen LogP contribution in [0.4, 0.5) is 0 Å². The predicted octanol–water partition coefficient (Wildman–Crippen LogP) is 4.73. The number of amides is 2. The van der Waals surface area contributed by atoms with Crippen LogP contribution in [0.5, 0.6) is 5.75 Å². The van der Waals surface area contributed by atoms with Crippen LogP contribution >= 0.6 is 11.6 Å². The number of nitrogens with zero attached hydrogens (tertiary/aromatic N) is 4. The van der Waals surface area contributed by atoms with E-state index in [0.29, 0.717) is 48.3 Å². The number of rotatable bonds is 8. The molecule has 7 nitrogen and oxygen atoms in total. The molecule has 190 valence electrons. The molecular weight excluding hydrogens is 476 g/mol. The minimum Gasteiger partial charge on any atom is -0.493 e. The van der Waals surface area contributed by atoms with Crippen LogP contribution in [0.25, 0.3) is 0 Å². The van der Waals surface area contributed by atoms with Crippen molar-refractivity contribution in [3.63, 3.8) is 0 Å². The first-order chi connectivity index (χ1) is 17.2. The summed E-state index contributed by atoms with van der Waals surface area (Å²) in [5.74, 6) is 0.622. The van der Waals surface area contributed by atoms with Gasteiger partial charge in [-0.05, 0) is 43.5 Å². The van der Waals surface area contributed by atoms with Crippen LogP contribution in [0.2, 0.25) is 5.02 Å². The Morgan fingerprint density at radius 1 is 1.17 bits per heavy atom. The maximum absolute atomic E-state index is 13.4. The summed E-state index contributed by atoms with van der Waals surface area (Å²) in [4.78, 5) is 30.4. The maximum atomic E-state index is 13.4. The quantitative estimate of drug-likeness (QED) is 0.441. The average molecular weight is 509 g/mol. The van der Waals surface area contributed by atoms with E-state index in [4.69, 9.17) is 16.3 Å². The molecule has 1 unspecified atom stereocenters. The van der Waals surface area contributed by atoms with E-state index in [0.717, 1.165) is 18.4 Å². The maximum Gasteiger partial charge on any atom is 0.257 e. The Morgan fingerprint density at radius 2 is 1.94 bits per heavy atom. The SMILES string of the molecule is Cc1nn(C)cc1C(=O)N1CCCC(COc2cccc(Cl)c2)(CC(=O)N(C)Cc2ccccc2)C1. The summed E-state index contributed by atoms with van der Waals surface area (Å²) in [6, 6.07) is 17.2. The van der Waals surface area contributed by atoms with Crippen LogP contribution in [0, 0.1) is 12.3 Å². The summed E-state index contributed by atoms with van der Waals surface area (Å²) < 4.78 is 7.84. The number of halogens is 1. The highest BCUT2D eigenvalue weighted by molar-refractivity contribution is 6.30. The standard InChI is InChI=1S/C28H33ClN4O3/c1-21-25(18-32(3)30-21)27(35)33-14-8-13-28(19-33,20-36-24-12-7-11-23(29)15-24)16-26(34)31(2)17-22-9-5-4-6-10-22/h4-7,9-12,15,18H,8,13-14,16-17,19-20H2,1-3H3. The number of ether oxygens (including phenoxy) is 1. The number of carbonyl (C=O) groups is 2. The Bertz CT molecular complexity index is 1210. The molecule has 3 aromatic rings. The van der Waals surface area contributed by atoms with Crippen LogP contribution in [-0.2, 0) is 18.4 Å². The van der Waals surface area contributed by atoms with Crippen LogP contribution in [0.1, 0.15) is 40.9 Å². The van der Waals surface area contributed by atoms with E-state index in [1.165, 1.54) is 0 Å². The zero-order valence-corrected chi connectivity index (χ0v) is 21.9. The summed E-state index contributed by atoms with van der Waals surface area (Å²) >= 11 is 6.15. The Morgan fingerprint density at radius 3 is 2.64 bits per heavy atom. The van der Waals surface area contributed by atoms with Gasteiger partial charge in [0.25, 0.3) is 5.91 Å². The molecule has 0 saturated carbocycles. The fraction of sp³-hybridized carbons (Fsp3) is 0.393. The summed E-state index contributed by atoms with van der Waals surface area (Å²) in [6.45, 7) is 3.76. The highest BCUT2D eigenvalue weighted by atomic mass is 35.5. The molecule has 1 saturated heterocycles. The minimum absolute atomic E-state index is 0.0282. The fourth-order valence-corrected chi connectivity index (χ4v) is 5.05. The second-order valence-corrected chi connectivity index (χ2v) is 10.2. The topological polar surface area (TPSA) is 67.7 Å². The van der Waals surface area contributed by atoms with Gasteiger partial charge in [-0.25, -0.2) is 0 Å². The third-order valence-electron chi connectivity index (χ3n) is 6.75. The molecule has 4 rings (SSSR count). The van der Waals surface area contributed by atoms with Crippen molar-refractivity contribution in [1.29, 1.82) is 0 Å². The van der Waals surface area contributed by atoms with Crippen molar-refractivity contribution in [1.82, 2.24) is 19.6 Å². The molecule has 2 amide bonds. The van der Waals surface area contributed by atoms with Gasteiger partial charge in [0.05, 0.1) is 17.9 Å². The van der Waals surface area contributed by atoms with E-state index in [2.05, 4.69) is 5.10 Å². The molecule has 0 aliphatic carbocycles. The molecular formula is C28H33ClN4O3. The smallest absolute Gasteiger partial charge is 0.257 e. The van der Waals surface area contributed by atoms with E-state index in [1.54, 1.807) is 27.9 Å². The summed E-state index contributed by atoms with van der Waals surface area (Å²) in [5.41, 5.74) is 1.85. The third-order valence-corrected chi connectivity index (χ3v) is 6.98. The zero-order chi connectivity index (χ0) is 25.7. The van der Waals surface area contributed by atoms with Crippen molar-refractivity contribution < 1.29 is 14.3 Å². The van der Waals surface area contributed by atoms with Crippen molar-refractivity contribution in [3.8, 4) is 5.75 Å². The molecule has 36 heavy (non-hydrogen) atoms. The number of carbonyl (C=O) groups excluding carboxylic acids is 2. The number of aromatic nitrogens is 2. The first-order valence-corrected chi connectivity index (χ1v) is 12.6. The monoisotopic (exact) mass is 508 g/mol. The largest absolute Gasteiger partial charge is 0.493 e. The van der Waals surface area contributed by atoms with Gasteiger partial charge in [0.15, 0.2) is 0 Å². The van der Waals surface area contributed by atoms with Crippen LogP contribution in [0.3, 0.4) is 0 Å². The lowest BCUT2D eigenvalue weighted by Gasteiger charge is -2.42. The molecule has 0 spiro atoms. The van der Waals surface area contributed by atoms with Crippen LogP contribution in [-0.4, -0.2) is 58.1 Å². The highest BCUT2D eigenvalue weighted by Crippen LogP contribution is 2.36. The van der Waals surface area contributed by atoms with Gasteiger partial charge in [0.1, 0.15) is 5.75 Å². The molecule has 1 fully saturated rings. The number of benzene rings is 2. The lowest BCUT2D eigenvalue weighted by Crippen LogP contribution is -2.50. The molecule has 2 heterocycles. The van der Waals surface area contributed by atoms with Gasteiger partial charge in [0.2, 0.25) is 5.91 Å². The van der Waals surface area contributed by atoms with Gasteiger partial charge in [0, 0.05) is 56.8 Å². The lowest BCUT2D eigenvalue weighted by molar-refractivity contribution is -0.134. The van der Waals surface area contributed by atoms with E-state index in [-0.39, 0.29) is 18.2 Å². The summed E-state index contributed by atoms with van der Waals surface area (Å²) in [7, 11) is 3.63. The van der Waals surface area contributed by atoms with Crippen LogP contribution < -0.4 is 4.74 Å². The minimum atomic E-state index is -0.519. The van der Waals surface area contributed by atoms with E-state index in [1.807, 2.05) is 68.4 Å². The number of hydrogen-bond donors (Lipinski definition) is 0. The predicted molar refractivity (Wildman–Crippen MR) is 140 cm³/mol. The molecule has 1 aromatic heterocycles. The van der Waals surface area contributed by atoms with Gasteiger partial charge >= 0.3 is 0 Å². The van der Waals surface area contributed by atoms with E-state index in [9.17, 15) is 9.59 Å². The Labute approximate surface area is 217 Å². The van der Waals surface area contributed by atoms with Gasteiger partial charge < -0.3 is 14.5 Å². The molecule has 1 aliphatic heterocycles. The van der Waals surface area contributed by atoms with Gasteiger partial charge in [-0.2, -0.15) is 5.10 Å². The van der Waals surface area contributed by atoms with Crippen molar-refractivity contribution >= 4 is 23.4 Å². The van der Waals surface area contributed by atoms with Gasteiger partial charge in [-0.3, -0.25) is 14.3 Å². The molecule has 0 N–H and O–H groups in total. The second-order valence-electron chi connectivity index (χ2n) is 9.79. The van der Waals surface area contributed by atoms with Crippen molar-refractivity contribution in [2.75, 3.05) is 26.7 Å².